The first-order valence-corrected chi connectivity index (χ1v) is 6.72. The van der Waals surface area contributed by atoms with Crippen LogP contribution >= 0.6 is 0 Å². The quantitative estimate of drug-likeness (QED) is 0.739. The van der Waals surface area contributed by atoms with Gasteiger partial charge in [0.25, 0.3) is 0 Å². The van der Waals surface area contributed by atoms with Crippen LogP contribution in [0.4, 0.5) is 0 Å². The Morgan fingerprint density at radius 1 is 1.32 bits per heavy atom. The molecule has 3 rings (SSSR count). The molecule has 1 saturated carbocycles. The number of nitrogens with zero attached hydrogens (tertiary/aromatic N) is 2. The second-order valence-electron chi connectivity index (χ2n) is 5.25. The number of hydrogen-bond acceptors (Lipinski definition) is 5. The molecule has 1 fully saturated rings. The van der Waals surface area contributed by atoms with Crippen LogP contribution in [0, 0.1) is 5.92 Å². The van der Waals surface area contributed by atoms with Crippen molar-refractivity contribution in [3.05, 3.63) is 42.0 Å². The standard InChI is InChI=1S/C14H19N5/c15-12-9-18-13(10-4-3-7-17-8-10)19-14(12,16)11-5-1-2-6-11/h3-4,7-9,11H,1-2,5-6,15-16H2,(H,18,19). The van der Waals surface area contributed by atoms with Crippen LogP contribution in [0.2, 0.25) is 0 Å². The summed E-state index contributed by atoms with van der Waals surface area (Å²) in [6, 6.07) is 3.85. The number of aromatic nitrogens is 1. The smallest absolute Gasteiger partial charge is 0.154 e. The summed E-state index contributed by atoms with van der Waals surface area (Å²) in [5, 5.41) is 3.11. The van der Waals surface area contributed by atoms with Crippen molar-refractivity contribution in [1.29, 1.82) is 0 Å². The van der Waals surface area contributed by atoms with E-state index in [-0.39, 0.29) is 0 Å². The van der Waals surface area contributed by atoms with Crippen molar-refractivity contribution >= 4 is 5.84 Å². The zero-order valence-electron chi connectivity index (χ0n) is 10.8. The van der Waals surface area contributed by atoms with Crippen LogP contribution in [0.15, 0.2) is 41.4 Å². The fraction of sp³-hybridized carbons (Fsp3) is 0.429. The van der Waals surface area contributed by atoms with Crippen LogP contribution in [0.3, 0.4) is 0 Å². The molecule has 1 aliphatic heterocycles. The summed E-state index contributed by atoms with van der Waals surface area (Å²) in [5.41, 5.74) is 13.4. The summed E-state index contributed by atoms with van der Waals surface area (Å²) < 4.78 is 0. The number of rotatable bonds is 2. The van der Waals surface area contributed by atoms with Gasteiger partial charge in [0.1, 0.15) is 5.84 Å². The lowest BCUT2D eigenvalue weighted by Crippen LogP contribution is -2.53. The number of amidine groups is 1. The van der Waals surface area contributed by atoms with Gasteiger partial charge in [-0.25, -0.2) is 4.99 Å². The van der Waals surface area contributed by atoms with E-state index < -0.39 is 5.66 Å². The van der Waals surface area contributed by atoms with E-state index in [2.05, 4.69) is 10.3 Å². The molecule has 0 aromatic carbocycles. The maximum Gasteiger partial charge on any atom is 0.154 e. The van der Waals surface area contributed by atoms with Gasteiger partial charge in [0.2, 0.25) is 0 Å². The Bertz CT molecular complexity index is 516. The molecule has 0 saturated heterocycles. The van der Waals surface area contributed by atoms with Crippen molar-refractivity contribution in [3.63, 3.8) is 0 Å². The molecule has 19 heavy (non-hydrogen) atoms. The molecule has 5 heteroatoms. The van der Waals surface area contributed by atoms with E-state index in [0.717, 1.165) is 24.2 Å². The Labute approximate surface area is 112 Å². The lowest BCUT2D eigenvalue weighted by atomic mass is 9.88. The highest BCUT2D eigenvalue weighted by Gasteiger charge is 2.40. The molecule has 0 radical (unpaired) electrons. The molecule has 2 aliphatic rings. The van der Waals surface area contributed by atoms with Crippen LogP contribution in [-0.4, -0.2) is 16.5 Å². The average Bonchev–Trinajstić information content (AvgIpc) is 2.98. The Kier molecular flexibility index (Phi) is 2.98. The van der Waals surface area contributed by atoms with Gasteiger partial charge in [-0.2, -0.15) is 0 Å². The lowest BCUT2D eigenvalue weighted by Gasteiger charge is -2.35. The van der Waals surface area contributed by atoms with Crippen molar-refractivity contribution in [3.8, 4) is 0 Å². The third-order valence-electron chi connectivity index (χ3n) is 4.04. The maximum absolute atomic E-state index is 6.49. The highest BCUT2D eigenvalue weighted by Crippen LogP contribution is 2.37. The Morgan fingerprint density at radius 2 is 2.11 bits per heavy atom. The molecule has 0 amide bonds. The third kappa shape index (κ3) is 2.10. The number of nitrogens with two attached hydrogens (primary N) is 2. The molecule has 100 valence electrons. The zero-order valence-corrected chi connectivity index (χ0v) is 10.8. The van der Waals surface area contributed by atoms with Gasteiger partial charge in [-0.3, -0.25) is 4.98 Å². The van der Waals surface area contributed by atoms with Crippen LogP contribution in [-0.2, 0) is 0 Å². The summed E-state index contributed by atoms with van der Waals surface area (Å²) in [5.74, 6) is 1.08. The van der Waals surface area contributed by atoms with E-state index in [1.165, 1.54) is 12.8 Å². The fourth-order valence-electron chi connectivity index (χ4n) is 2.89. The Balaban J connectivity index is 1.96. The third-order valence-corrected chi connectivity index (χ3v) is 4.04. The summed E-state index contributed by atoms with van der Waals surface area (Å²) in [7, 11) is 0. The first kappa shape index (κ1) is 12.2. The van der Waals surface area contributed by atoms with Crippen LogP contribution < -0.4 is 16.8 Å². The molecular formula is C14H19N5. The highest BCUT2D eigenvalue weighted by molar-refractivity contribution is 6.00. The van der Waals surface area contributed by atoms with Crippen molar-refractivity contribution in [2.75, 3.05) is 0 Å². The molecule has 2 heterocycles. The van der Waals surface area contributed by atoms with Gasteiger partial charge in [0, 0.05) is 30.1 Å². The van der Waals surface area contributed by atoms with E-state index in [4.69, 9.17) is 16.5 Å². The minimum Gasteiger partial charge on any atom is -0.398 e. The fourth-order valence-corrected chi connectivity index (χ4v) is 2.89. The SMILES string of the molecule is NC1=CNC(c2cccnc2)=NC1(N)C1CCCC1. The van der Waals surface area contributed by atoms with Gasteiger partial charge in [0.15, 0.2) is 5.66 Å². The molecule has 1 aromatic rings. The molecular weight excluding hydrogens is 238 g/mol. The van der Waals surface area contributed by atoms with Gasteiger partial charge < -0.3 is 16.8 Å². The predicted molar refractivity (Wildman–Crippen MR) is 75.1 cm³/mol. The largest absolute Gasteiger partial charge is 0.398 e. The molecule has 1 aliphatic carbocycles. The van der Waals surface area contributed by atoms with E-state index in [1.807, 2.05) is 12.1 Å². The van der Waals surface area contributed by atoms with Crippen LogP contribution in [0.5, 0.6) is 0 Å². The summed E-state index contributed by atoms with van der Waals surface area (Å²) in [6.45, 7) is 0. The zero-order chi connectivity index (χ0) is 13.3. The van der Waals surface area contributed by atoms with E-state index in [1.54, 1.807) is 18.6 Å². The van der Waals surface area contributed by atoms with E-state index >= 15 is 0 Å². The molecule has 0 spiro atoms. The van der Waals surface area contributed by atoms with Gasteiger partial charge in [-0.15, -0.1) is 0 Å². The minimum atomic E-state index is -0.771. The summed E-state index contributed by atoms with van der Waals surface area (Å²) in [6.07, 6.45) is 9.89. The van der Waals surface area contributed by atoms with Gasteiger partial charge in [0.05, 0.1) is 5.70 Å². The highest BCUT2D eigenvalue weighted by atomic mass is 15.2. The van der Waals surface area contributed by atoms with Crippen molar-refractivity contribution in [2.24, 2.45) is 22.4 Å². The van der Waals surface area contributed by atoms with E-state index in [0.29, 0.717) is 11.6 Å². The van der Waals surface area contributed by atoms with E-state index in [9.17, 15) is 0 Å². The van der Waals surface area contributed by atoms with Gasteiger partial charge in [-0.1, -0.05) is 12.8 Å². The normalized spacial score (nSPS) is 27.6. The Hall–Kier alpha value is -1.88. The van der Waals surface area contributed by atoms with Crippen LogP contribution in [0.25, 0.3) is 0 Å². The number of nitrogens with one attached hydrogen (secondary N) is 1. The molecule has 1 unspecified atom stereocenters. The lowest BCUT2D eigenvalue weighted by molar-refractivity contribution is 0.326. The van der Waals surface area contributed by atoms with Gasteiger partial charge in [-0.05, 0) is 25.0 Å². The second-order valence-corrected chi connectivity index (χ2v) is 5.25. The van der Waals surface area contributed by atoms with Crippen molar-refractivity contribution in [2.45, 2.75) is 31.3 Å². The topological polar surface area (TPSA) is 89.3 Å². The molecule has 0 bridgehead atoms. The Morgan fingerprint density at radius 3 is 2.79 bits per heavy atom. The first-order valence-electron chi connectivity index (χ1n) is 6.72. The number of aliphatic imine (C=N–C) groups is 1. The number of hydrogen-bond donors (Lipinski definition) is 3. The first-order chi connectivity index (χ1) is 9.20. The molecule has 5 N–H and O–H groups in total. The van der Waals surface area contributed by atoms with Crippen LogP contribution in [0.1, 0.15) is 31.2 Å². The van der Waals surface area contributed by atoms with Crippen molar-refractivity contribution < 1.29 is 0 Å². The monoisotopic (exact) mass is 257 g/mol. The molecule has 1 aromatic heterocycles. The molecule has 5 nitrogen and oxygen atoms in total. The number of pyridine rings is 1. The maximum atomic E-state index is 6.49. The minimum absolute atomic E-state index is 0.331. The second kappa shape index (κ2) is 4.66. The van der Waals surface area contributed by atoms with Gasteiger partial charge >= 0.3 is 0 Å². The predicted octanol–water partition coefficient (Wildman–Crippen LogP) is 1.08. The summed E-state index contributed by atoms with van der Waals surface area (Å²) >= 11 is 0. The average molecular weight is 257 g/mol. The molecule has 1 atom stereocenters. The van der Waals surface area contributed by atoms with Crippen molar-refractivity contribution in [1.82, 2.24) is 10.3 Å². The summed E-state index contributed by atoms with van der Waals surface area (Å²) in [4.78, 5) is 8.81.